The average molecular weight is 317 g/mol. The third-order valence-electron chi connectivity index (χ3n) is 4.21. The maximum Gasteiger partial charge on any atom is 0.253 e. The van der Waals surface area contributed by atoms with Gasteiger partial charge >= 0.3 is 0 Å². The molecule has 1 saturated heterocycles. The van der Waals surface area contributed by atoms with Crippen LogP contribution in [0.3, 0.4) is 0 Å². The van der Waals surface area contributed by atoms with E-state index in [9.17, 15) is 9.59 Å². The molecule has 0 atom stereocenters. The van der Waals surface area contributed by atoms with Crippen LogP contribution in [0.4, 0.5) is 5.69 Å². The van der Waals surface area contributed by atoms with Gasteiger partial charge in [0.25, 0.3) is 5.91 Å². The number of rotatable bonds is 6. The summed E-state index contributed by atoms with van der Waals surface area (Å²) in [4.78, 5) is 26.1. The van der Waals surface area contributed by atoms with E-state index in [0.717, 1.165) is 43.6 Å². The van der Waals surface area contributed by atoms with Gasteiger partial charge in [0, 0.05) is 37.8 Å². The number of nitrogens with one attached hydrogen (secondary N) is 2. The summed E-state index contributed by atoms with van der Waals surface area (Å²) >= 11 is 0. The van der Waals surface area contributed by atoms with Crippen LogP contribution in [0.15, 0.2) is 24.3 Å². The molecule has 1 aliphatic rings. The molecule has 0 bridgehead atoms. The molecule has 1 aliphatic heterocycles. The molecule has 2 N–H and O–H groups in total. The molecule has 1 aromatic carbocycles. The molecular weight excluding hydrogens is 290 g/mol. The quantitative estimate of drug-likeness (QED) is 0.846. The lowest BCUT2D eigenvalue weighted by atomic mass is 10.0. The van der Waals surface area contributed by atoms with Crippen molar-refractivity contribution in [3.63, 3.8) is 0 Å². The molecule has 5 nitrogen and oxygen atoms in total. The zero-order valence-corrected chi connectivity index (χ0v) is 14.1. The lowest BCUT2D eigenvalue weighted by Crippen LogP contribution is -2.45. The van der Waals surface area contributed by atoms with E-state index in [1.165, 1.54) is 0 Å². The highest BCUT2D eigenvalue weighted by atomic mass is 16.2. The lowest BCUT2D eigenvalue weighted by Gasteiger charge is -2.34. The Balaban J connectivity index is 2.00. The molecule has 2 amide bonds. The molecule has 0 aromatic heterocycles. The molecule has 2 rings (SSSR count). The highest BCUT2D eigenvalue weighted by Crippen LogP contribution is 2.24. The Morgan fingerprint density at radius 1 is 1.17 bits per heavy atom. The number of anilines is 1. The van der Waals surface area contributed by atoms with Crippen LogP contribution in [0.5, 0.6) is 0 Å². The molecule has 0 radical (unpaired) electrons. The fourth-order valence-corrected chi connectivity index (χ4v) is 2.87. The Bertz CT molecular complexity index is 537. The smallest absolute Gasteiger partial charge is 0.253 e. The first kappa shape index (κ1) is 17.3. The molecule has 5 heteroatoms. The van der Waals surface area contributed by atoms with E-state index in [1.54, 1.807) is 0 Å². The largest absolute Gasteiger partial charge is 0.371 e. The van der Waals surface area contributed by atoms with Gasteiger partial charge in [-0.3, -0.25) is 9.59 Å². The molecule has 0 unspecified atom stereocenters. The zero-order chi connectivity index (χ0) is 16.7. The van der Waals surface area contributed by atoms with E-state index in [0.29, 0.717) is 13.0 Å². The van der Waals surface area contributed by atoms with Crippen LogP contribution in [0.1, 0.15) is 49.9 Å². The van der Waals surface area contributed by atoms with Gasteiger partial charge in [0.2, 0.25) is 5.91 Å². The number of hydrogen-bond acceptors (Lipinski definition) is 3. The first-order chi connectivity index (χ1) is 11.2. The van der Waals surface area contributed by atoms with E-state index in [2.05, 4.69) is 15.5 Å². The second-order valence-corrected chi connectivity index (χ2v) is 5.96. The Morgan fingerprint density at radius 2 is 1.87 bits per heavy atom. The number of carbonyl (C=O) groups excluding carboxylic acids is 2. The van der Waals surface area contributed by atoms with Crippen LogP contribution in [0, 0.1) is 0 Å². The van der Waals surface area contributed by atoms with Crippen molar-refractivity contribution in [3.05, 3.63) is 29.8 Å². The van der Waals surface area contributed by atoms with Crippen molar-refractivity contribution < 1.29 is 9.59 Å². The van der Waals surface area contributed by atoms with Gasteiger partial charge in [-0.25, -0.2) is 0 Å². The molecule has 0 saturated carbocycles. The van der Waals surface area contributed by atoms with Crippen molar-refractivity contribution in [2.75, 3.05) is 24.5 Å². The SMILES string of the molecule is CCCNC(=O)c1ccccc1N1CCC(NC(=O)CC)CC1. The van der Waals surface area contributed by atoms with Gasteiger partial charge in [-0.05, 0) is 31.4 Å². The summed E-state index contributed by atoms with van der Waals surface area (Å²) in [5, 5.41) is 6.01. The number of para-hydroxylation sites is 1. The Labute approximate surface area is 138 Å². The van der Waals surface area contributed by atoms with Gasteiger partial charge in [-0.1, -0.05) is 26.0 Å². The predicted molar refractivity (Wildman–Crippen MR) is 92.7 cm³/mol. The van der Waals surface area contributed by atoms with Gasteiger partial charge in [-0.2, -0.15) is 0 Å². The number of hydrogen-bond donors (Lipinski definition) is 2. The van der Waals surface area contributed by atoms with E-state index in [1.807, 2.05) is 38.1 Å². The maximum absolute atomic E-state index is 12.3. The van der Waals surface area contributed by atoms with Gasteiger partial charge in [0.15, 0.2) is 0 Å². The Hall–Kier alpha value is -2.04. The van der Waals surface area contributed by atoms with Crippen LogP contribution in [-0.4, -0.2) is 37.5 Å². The first-order valence-electron chi connectivity index (χ1n) is 8.57. The molecule has 1 aromatic rings. The summed E-state index contributed by atoms with van der Waals surface area (Å²) in [6, 6.07) is 8.01. The molecule has 23 heavy (non-hydrogen) atoms. The average Bonchev–Trinajstić information content (AvgIpc) is 2.60. The molecule has 1 heterocycles. The Morgan fingerprint density at radius 3 is 2.52 bits per heavy atom. The van der Waals surface area contributed by atoms with Crippen molar-refractivity contribution >= 4 is 17.5 Å². The topological polar surface area (TPSA) is 61.4 Å². The molecule has 0 aliphatic carbocycles. The van der Waals surface area contributed by atoms with E-state index < -0.39 is 0 Å². The monoisotopic (exact) mass is 317 g/mol. The standard InChI is InChI=1S/C18H27N3O2/c1-3-11-19-18(23)15-7-5-6-8-16(15)21-12-9-14(10-13-21)20-17(22)4-2/h5-8,14H,3-4,9-13H2,1-2H3,(H,19,23)(H,20,22). The molecule has 126 valence electrons. The lowest BCUT2D eigenvalue weighted by molar-refractivity contribution is -0.121. The molecule has 0 spiro atoms. The fourth-order valence-electron chi connectivity index (χ4n) is 2.87. The van der Waals surface area contributed by atoms with Gasteiger partial charge < -0.3 is 15.5 Å². The summed E-state index contributed by atoms with van der Waals surface area (Å²) in [7, 11) is 0. The highest BCUT2D eigenvalue weighted by molar-refractivity contribution is 5.99. The van der Waals surface area contributed by atoms with E-state index in [4.69, 9.17) is 0 Å². The van der Waals surface area contributed by atoms with Gasteiger partial charge in [0.1, 0.15) is 0 Å². The maximum atomic E-state index is 12.3. The third-order valence-corrected chi connectivity index (χ3v) is 4.21. The second-order valence-electron chi connectivity index (χ2n) is 5.96. The van der Waals surface area contributed by atoms with E-state index >= 15 is 0 Å². The van der Waals surface area contributed by atoms with Crippen molar-refractivity contribution in [1.82, 2.24) is 10.6 Å². The van der Waals surface area contributed by atoms with E-state index in [-0.39, 0.29) is 17.9 Å². The second kappa shape index (κ2) is 8.56. The van der Waals surface area contributed by atoms with Crippen LogP contribution in [-0.2, 0) is 4.79 Å². The van der Waals surface area contributed by atoms with Crippen molar-refractivity contribution in [1.29, 1.82) is 0 Å². The number of piperidine rings is 1. The number of benzene rings is 1. The Kier molecular flexibility index (Phi) is 6.44. The summed E-state index contributed by atoms with van der Waals surface area (Å²) in [6.45, 7) is 6.31. The summed E-state index contributed by atoms with van der Waals surface area (Å²) in [6.07, 6.45) is 3.28. The van der Waals surface area contributed by atoms with Crippen LogP contribution >= 0.6 is 0 Å². The number of nitrogens with zero attached hydrogens (tertiary/aromatic N) is 1. The summed E-state index contributed by atoms with van der Waals surface area (Å²) in [5.74, 6) is 0.103. The van der Waals surface area contributed by atoms with Crippen molar-refractivity contribution in [2.45, 2.75) is 45.6 Å². The van der Waals surface area contributed by atoms with Crippen molar-refractivity contribution in [3.8, 4) is 0 Å². The highest BCUT2D eigenvalue weighted by Gasteiger charge is 2.23. The molecule has 1 fully saturated rings. The third kappa shape index (κ3) is 4.71. The van der Waals surface area contributed by atoms with Gasteiger partial charge in [0.05, 0.1) is 5.56 Å². The van der Waals surface area contributed by atoms with Gasteiger partial charge in [-0.15, -0.1) is 0 Å². The fraction of sp³-hybridized carbons (Fsp3) is 0.556. The van der Waals surface area contributed by atoms with Crippen LogP contribution in [0.25, 0.3) is 0 Å². The summed E-state index contributed by atoms with van der Waals surface area (Å²) < 4.78 is 0. The summed E-state index contributed by atoms with van der Waals surface area (Å²) in [5.41, 5.74) is 1.72. The zero-order valence-electron chi connectivity index (χ0n) is 14.1. The predicted octanol–water partition coefficient (Wildman–Crippen LogP) is 2.32. The normalized spacial score (nSPS) is 15.3. The minimum absolute atomic E-state index is 0.0103. The number of carbonyl (C=O) groups is 2. The van der Waals surface area contributed by atoms with Crippen molar-refractivity contribution in [2.24, 2.45) is 0 Å². The first-order valence-corrected chi connectivity index (χ1v) is 8.57. The minimum atomic E-state index is -0.0103. The van der Waals surface area contributed by atoms with Crippen LogP contribution < -0.4 is 15.5 Å². The molecular formula is C18H27N3O2. The number of amides is 2. The van der Waals surface area contributed by atoms with Crippen LogP contribution in [0.2, 0.25) is 0 Å². The minimum Gasteiger partial charge on any atom is -0.371 e.